The molecule has 1 saturated heterocycles. The third kappa shape index (κ3) is 5.89. The Labute approximate surface area is 233 Å². The van der Waals surface area contributed by atoms with Gasteiger partial charge in [0, 0.05) is 28.6 Å². The van der Waals surface area contributed by atoms with E-state index in [4.69, 9.17) is 23.2 Å². The van der Waals surface area contributed by atoms with Crippen LogP contribution in [0.15, 0.2) is 72.8 Å². The number of benzene rings is 3. The smallest absolute Gasteiger partial charge is 0.415 e. The Morgan fingerprint density at radius 3 is 2.05 bits per heavy atom. The molecular formula is C30H32Cl2N2O4. The van der Waals surface area contributed by atoms with Gasteiger partial charge in [-0.25, -0.2) is 9.69 Å². The first-order chi connectivity index (χ1) is 18.0. The molecule has 0 spiro atoms. The number of carbonyl (C=O) groups is 2. The summed E-state index contributed by atoms with van der Waals surface area (Å²) >= 11 is 13.6. The molecule has 3 aromatic rings. The van der Waals surface area contributed by atoms with Gasteiger partial charge in [0.25, 0.3) is 5.91 Å². The van der Waals surface area contributed by atoms with Crippen LogP contribution < -0.4 is 0 Å². The summed E-state index contributed by atoms with van der Waals surface area (Å²) in [6.07, 6.45) is -2.81. The summed E-state index contributed by atoms with van der Waals surface area (Å²) in [7, 11) is 0. The summed E-state index contributed by atoms with van der Waals surface area (Å²) < 4.78 is 0. The van der Waals surface area contributed by atoms with Gasteiger partial charge in [-0.2, -0.15) is 0 Å². The van der Waals surface area contributed by atoms with Gasteiger partial charge in [-0.05, 0) is 40.7 Å². The summed E-state index contributed by atoms with van der Waals surface area (Å²) in [5, 5.41) is 21.8. The van der Waals surface area contributed by atoms with Gasteiger partial charge in [-0.1, -0.05) is 105 Å². The maximum atomic E-state index is 13.7. The standard InChI is InChI=1S/C30H32Cl2N2O4/c1-30(2,3)21-16-22(31)26(23(32)17-21)27-33(15-14-19-10-6-4-7-11-19)24(28(36)34(27)29(37)38)18-25(35)20-12-8-5-9-13-20/h4-13,16-17,24-25,27,35H,14-15,18H2,1-3H3,(H,37,38). The van der Waals surface area contributed by atoms with Crippen LogP contribution >= 0.6 is 23.2 Å². The zero-order chi connectivity index (χ0) is 27.6. The molecule has 3 atom stereocenters. The van der Waals surface area contributed by atoms with E-state index in [1.807, 2.05) is 69.3 Å². The predicted molar refractivity (Wildman–Crippen MR) is 149 cm³/mol. The molecule has 200 valence electrons. The Morgan fingerprint density at radius 1 is 0.974 bits per heavy atom. The summed E-state index contributed by atoms with van der Waals surface area (Å²) in [5.74, 6) is -0.613. The Balaban J connectivity index is 1.79. The number of aliphatic hydroxyl groups excluding tert-OH is 1. The number of hydrogen-bond donors (Lipinski definition) is 2. The molecule has 3 aromatic carbocycles. The van der Waals surface area contributed by atoms with Crippen molar-refractivity contribution in [1.29, 1.82) is 0 Å². The number of carbonyl (C=O) groups excluding carboxylic acids is 1. The first kappa shape index (κ1) is 28.1. The first-order valence-corrected chi connectivity index (χ1v) is 13.3. The van der Waals surface area contributed by atoms with Crippen LogP contribution in [0.3, 0.4) is 0 Å². The SMILES string of the molecule is CC(C)(C)c1cc(Cl)c(C2N(C(=O)O)C(=O)C(CC(O)c3ccccc3)N2CCc2ccccc2)c(Cl)c1. The second-order valence-electron chi connectivity index (χ2n) is 10.6. The highest BCUT2D eigenvalue weighted by Crippen LogP contribution is 2.44. The number of aliphatic hydroxyl groups is 1. The maximum absolute atomic E-state index is 13.7. The van der Waals surface area contributed by atoms with Gasteiger partial charge in [-0.15, -0.1) is 0 Å². The lowest BCUT2D eigenvalue weighted by molar-refractivity contribution is -0.128. The van der Waals surface area contributed by atoms with Crippen molar-refractivity contribution in [3.8, 4) is 0 Å². The molecule has 0 bridgehead atoms. The topological polar surface area (TPSA) is 81.1 Å². The summed E-state index contributed by atoms with van der Waals surface area (Å²) in [6.45, 7) is 6.45. The fourth-order valence-corrected chi connectivity index (χ4v) is 5.62. The number of amides is 2. The van der Waals surface area contributed by atoms with Crippen molar-refractivity contribution in [1.82, 2.24) is 9.80 Å². The molecule has 1 aliphatic heterocycles. The van der Waals surface area contributed by atoms with Gasteiger partial charge >= 0.3 is 6.09 Å². The van der Waals surface area contributed by atoms with Gasteiger partial charge in [0.2, 0.25) is 0 Å². The number of nitrogens with zero attached hydrogens (tertiary/aromatic N) is 2. The summed E-state index contributed by atoms with van der Waals surface area (Å²) in [4.78, 5) is 28.8. The Morgan fingerprint density at radius 2 is 1.53 bits per heavy atom. The fourth-order valence-electron chi connectivity index (χ4n) is 4.94. The average molecular weight is 556 g/mol. The van der Waals surface area contributed by atoms with Gasteiger partial charge in [-0.3, -0.25) is 9.69 Å². The highest BCUT2D eigenvalue weighted by molar-refractivity contribution is 6.36. The minimum atomic E-state index is -1.39. The minimum absolute atomic E-state index is 0.0211. The van der Waals surface area contributed by atoms with Crippen LogP contribution in [0.1, 0.15) is 61.7 Å². The predicted octanol–water partition coefficient (Wildman–Crippen LogP) is 6.85. The average Bonchev–Trinajstić information content (AvgIpc) is 3.13. The fraction of sp³-hybridized carbons (Fsp3) is 0.333. The van der Waals surface area contributed by atoms with Crippen molar-refractivity contribution in [3.63, 3.8) is 0 Å². The third-order valence-corrected chi connectivity index (χ3v) is 7.65. The van der Waals surface area contributed by atoms with Crippen LogP contribution in [-0.2, 0) is 16.6 Å². The van der Waals surface area contributed by atoms with Crippen LogP contribution in [0.4, 0.5) is 4.79 Å². The van der Waals surface area contributed by atoms with Gasteiger partial charge in [0.1, 0.15) is 6.17 Å². The largest absolute Gasteiger partial charge is 0.465 e. The summed E-state index contributed by atoms with van der Waals surface area (Å²) in [5.41, 5.74) is 2.71. The molecule has 0 aliphatic carbocycles. The van der Waals surface area contributed by atoms with E-state index >= 15 is 0 Å². The zero-order valence-corrected chi connectivity index (χ0v) is 23.2. The van der Waals surface area contributed by atoms with Crippen molar-refractivity contribution in [3.05, 3.63) is 105 Å². The Bertz CT molecular complexity index is 1270. The molecule has 1 heterocycles. The molecule has 1 fully saturated rings. The van der Waals surface area contributed by atoms with E-state index in [1.165, 1.54) is 0 Å². The second kappa shape index (κ2) is 11.5. The minimum Gasteiger partial charge on any atom is -0.465 e. The van der Waals surface area contributed by atoms with E-state index in [9.17, 15) is 19.8 Å². The monoisotopic (exact) mass is 554 g/mol. The second-order valence-corrected chi connectivity index (χ2v) is 11.4. The lowest BCUT2D eigenvalue weighted by Gasteiger charge is -2.32. The van der Waals surface area contributed by atoms with Crippen LogP contribution in [0.5, 0.6) is 0 Å². The molecule has 38 heavy (non-hydrogen) atoms. The van der Waals surface area contributed by atoms with Crippen LogP contribution in [0, 0.1) is 0 Å². The summed E-state index contributed by atoms with van der Waals surface area (Å²) in [6, 6.07) is 21.4. The molecule has 0 radical (unpaired) electrons. The van der Waals surface area contributed by atoms with Crippen molar-refractivity contribution < 1.29 is 19.8 Å². The highest BCUT2D eigenvalue weighted by Gasteiger charge is 2.51. The highest BCUT2D eigenvalue weighted by atomic mass is 35.5. The van der Waals surface area contributed by atoms with Crippen molar-refractivity contribution in [2.45, 2.75) is 57.3 Å². The zero-order valence-electron chi connectivity index (χ0n) is 21.6. The van der Waals surface area contributed by atoms with E-state index in [1.54, 1.807) is 29.2 Å². The van der Waals surface area contributed by atoms with Crippen LogP contribution in [0.25, 0.3) is 0 Å². The van der Waals surface area contributed by atoms with E-state index < -0.39 is 30.3 Å². The van der Waals surface area contributed by atoms with Crippen LogP contribution in [0.2, 0.25) is 10.0 Å². The number of hydrogen-bond acceptors (Lipinski definition) is 4. The van der Waals surface area contributed by atoms with Crippen molar-refractivity contribution >= 4 is 35.2 Å². The van der Waals surface area contributed by atoms with E-state index in [0.717, 1.165) is 16.0 Å². The molecule has 8 heteroatoms. The van der Waals surface area contributed by atoms with Crippen molar-refractivity contribution in [2.24, 2.45) is 0 Å². The van der Waals surface area contributed by atoms with Crippen molar-refractivity contribution in [2.75, 3.05) is 6.54 Å². The number of rotatable bonds is 7. The molecule has 0 saturated carbocycles. The van der Waals surface area contributed by atoms with Gasteiger partial charge in [0.15, 0.2) is 0 Å². The molecular weight excluding hydrogens is 523 g/mol. The lowest BCUT2D eigenvalue weighted by Crippen LogP contribution is -2.38. The Kier molecular flexibility index (Phi) is 8.48. The number of imide groups is 1. The molecule has 0 aromatic heterocycles. The normalized spacial score (nSPS) is 19.1. The lowest BCUT2D eigenvalue weighted by atomic mass is 9.86. The first-order valence-electron chi connectivity index (χ1n) is 12.6. The van der Waals surface area contributed by atoms with E-state index in [-0.39, 0.29) is 11.8 Å². The molecule has 4 rings (SSSR count). The van der Waals surface area contributed by atoms with Gasteiger partial charge < -0.3 is 10.2 Å². The van der Waals surface area contributed by atoms with Crippen LogP contribution in [-0.4, -0.2) is 44.6 Å². The maximum Gasteiger partial charge on any atom is 0.415 e. The van der Waals surface area contributed by atoms with E-state index in [0.29, 0.717) is 34.1 Å². The quantitative estimate of drug-likeness (QED) is 0.334. The number of halogens is 2. The molecule has 1 aliphatic rings. The Hall–Kier alpha value is -2.90. The molecule has 2 amide bonds. The number of carboxylic acid groups (broad SMARTS) is 1. The van der Waals surface area contributed by atoms with E-state index in [2.05, 4.69) is 0 Å². The molecule has 6 nitrogen and oxygen atoms in total. The third-order valence-electron chi connectivity index (χ3n) is 7.02. The van der Waals surface area contributed by atoms with Gasteiger partial charge in [0.05, 0.1) is 12.1 Å². The molecule has 3 unspecified atom stereocenters. The molecule has 2 N–H and O–H groups in total.